The SMILES string of the molecule is Cn1c(=O)n(C2CCN(NC(=O)O)C2)c2c3cc(-c4ccc(-n5cncn5)nc4)ccc3ncc21. The smallest absolute Gasteiger partial charge is 0.419 e. The molecule has 0 radical (unpaired) electrons. The highest BCUT2D eigenvalue weighted by atomic mass is 16.4. The molecule has 1 atom stereocenters. The average Bonchev–Trinajstić information content (AvgIpc) is 3.60. The van der Waals surface area contributed by atoms with E-state index in [1.807, 2.05) is 30.3 Å². The van der Waals surface area contributed by atoms with Gasteiger partial charge in [-0.1, -0.05) is 6.07 Å². The molecule has 12 nitrogen and oxygen atoms in total. The molecule has 1 amide bonds. The molecule has 12 heteroatoms. The van der Waals surface area contributed by atoms with Gasteiger partial charge >= 0.3 is 11.8 Å². The summed E-state index contributed by atoms with van der Waals surface area (Å²) < 4.78 is 4.96. The quantitative estimate of drug-likeness (QED) is 0.406. The molecular weight excluding hydrogens is 450 g/mol. The van der Waals surface area contributed by atoms with Gasteiger partial charge in [-0.25, -0.2) is 29.2 Å². The number of benzene rings is 1. The summed E-state index contributed by atoms with van der Waals surface area (Å²) in [4.78, 5) is 37.4. The molecule has 6 rings (SSSR count). The zero-order valence-corrected chi connectivity index (χ0v) is 18.7. The number of aromatic nitrogens is 7. The second-order valence-corrected chi connectivity index (χ2v) is 8.49. The van der Waals surface area contributed by atoms with Crippen molar-refractivity contribution >= 4 is 28.0 Å². The van der Waals surface area contributed by atoms with Gasteiger partial charge in [0.05, 0.1) is 28.8 Å². The average molecular weight is 471 g/mol. The minimum absolute atomic E-state index is 0.152. The van der Waals surface area contributed by atoms with Crippen LogP contribution in [0.15, 0.2) is 60.2 Å². The fourth-order valence-electron chi connectivity index (χ4n) is 4.75. The molecule has 2 N–H and O–H groups in total. The first kappa shape index (κ1) is 21.0. The lowest BCUT2D eigenvalue weighted by Gasteiger charge is -2.16. The number of rotatable bonds is 4. The number of nitrogens with zero attached hydrogens (tertiary/aromatic N) is 8. The maximum atomic E-state index is 13.3. The van der Waals surface area contributed by atoms with Crippen LogP contribution in [-0.2, 0) is 7.05 Å². The van der Waals surface area contributed by atoms with Crippen LogP contribution in [0.5, 0.6) is 0 Å². The molecule has 0 bridgehead atoms. The second kappa shape index (κ2) is 8.02. The molecule has 0 saturated carbocycles. The van der Waals surface area contributed by atoms with Crippen molar-refractivity contribution in [3.05, 3.63) is 65.9 Å². The van der Waals surface area contributed by atoms with Crippen molar-refractivity contribution in [2.75, 3.05) is 13.1 Å². The Balaban J connectivity index is 1.46. The largest absolute Gasteiger partial charge is 0.464 e. The summed E-state index contributed by atoms with van der Waals surface area (Å²) >= 11 is 0. The predicted molar refractivity (Wildman–Crippen MR) is 127 cm³/mol. The van der Waals surface area contributed by atoms with Gasteiger partial charge in [0.2, 0.25) is 0 Å². The van der Waals surface area contributed by atoms with Crippen LogP contribution in [0.2, 0.25) is 0 Å². The van der Waals surface area contributed by atoms with E-state index >= 15 is 0 Å². The third kappa shape index (κ3) is 3.51. The first-order valence-corrected chi connectivity index (χ1v) is 11.1. The van der Waals surface area contributed by atoms with Crippen LogP contribution in [0.1, 0.15) is 12.5 Å². The van der Waals surface area contributed by atoms with E-state index in [1.165, 1.54) is 6.33 Å². The van der Waals surface area contributed by atoms with Crippen LogP contribution >= 0.6 is 0 Å². The van der Waals surface area contributed by atoms with Crippen LogP contribution in [0.25, 0.3) is 38.9 Å². The van der Waals surface area contributed by atoms with Gasteiger partial charge in [-0.3, -0.25) is 19.5 Å². The summed E-state index contributed by atoms with van der Waals surface area (Å²) in [7, 11) is 1.73. The van der Waals surface area contributed by atoms with E-state index in [1.54, 1.807) is 44.6 Å². The second-order valence-electron chi connectivity index (χ2n) is 8.49. The van der Waals surface area contributed by atoms with Crippen LogP contribution in [-0.4, -0.2) is 63.2 Å². The monoisotopic (exact) mass is 471 g/mol. The lowest BCUT2D eigenvalue weighted by molar-refractivity contribution is 0.151. The van der Waals surface area contributed by atoms with Crippen molar-refractivity contribution < 1.29 is 9.90 Å². The van der Waals surface area contributed by atoms with E-state index in [4.69, 9.17) is 5.11 Å². The van der Waals surface area contributed by atoms with Gasteiger partial charge in [0.1, 0.15) is 12.7 Å². The fourth-order valence-corrected chi connectivity index (χ4v) is 4.75. The highest BCUT2D eigenvalue weighted by molar-refractivity contribution is 6.04. The molecule has 35 heavy (non-hydrogen) atoms. The van der Waals surface area contributed by atoms with Gasteiger partial charge in [0.25, 0.3) is 0 Å². The van der Waals surface area contributed by atoms with E-state index in [9.17, 15) is 9.59 Å². The summed E-state index contributed by atoms with van der Waals surface area (Å²) in [5.41, 5.74) is 6.38. The minimum atomic E-state index is -1.11. The zero-order valence-electron chi connectivity index (χ0n) is 18.7. The first-order chi connectivity index (χ1) is 17.0. The highest BCUT2D eigenvalue weighted by Gasteiger charge is 2.29. The Morgan fingerprint density at radius 2 is 2.00 bits per heavy atom. The molecule has 1 saturated heterocycles. The lowest BCUT2D eigenvalue weighted by atomic mass is 10.0. The number of hydrogen-bond acceptors (Lipinski definition) is 7. The Hall–Kier alpha value is -4.58. The number of pyridine rings is 2. The van der Waals surface area contributed by atoms with Crippen LogP contribution in [0.3, 0.4) is 0 Å². The van der Waals surface area contributed by atoms with Crippen LogP contribution in [0.4, 0.5) is 4.79 Å². The number of amides is 1. The van der Waals surface area contributed by atoms with Gasteiger partial charge in [0.15, 0.2) is 5.82 Å². The Morgan fingerprint density at radius 1 is 1.14 bits per heavy atom. The van der Waals surface area contributed by atoms with Crippen molar-refractivity contribution in [2.24, 2.45) is 7.05 Å². The van der Waals surface area contributed by atoms with Crippen molar-refractivity contribution in [2.45, 2.75) is 12.5 Å². The molecule has 0 aliphatic carbocycles. The van der Waals surface area contributed by atoms with Gasteiger partial charge in [0, 0.05) is 37.3 Å². The normalized spacial score (nSPS) is 16.3. The third-order valence-corrected chi connectivity index (χ3v) is 6.43. The fraction of sp³-hybridized carbons (Fsp3) is 0.217. The Labute approximate surface area is 198 Å². The molecule has 1 aliphatic heterocycles. The molecule has 4 aromatic heterocycles. The Kier molecular flexibility index (Phi) is 4.81. The topological polar surface area (TPSA) is 136 Å². The minimum Gasteiger partial charge on any atom is -0.464 e. The number of carbonyl (C=O) groups is 1. The summed E-state index contributed by atoms with van der Waals surface area (Å²) in [5, 5.41) is 15.6. The van der Waals surface area contributed by atoms with E-state index in [2.05, 4.69) is 25.5 Å². The molecule has 5 aromatic rings. The number of nitrogens with one attached hydrogen (secondary N) is 1. The van der Waals surface area contributed by atoms with Gasteiger partial charge in [-0.05, 0) is 36.2 Å². The van der Waals surface area contributed by atoms with E-state index in [0.717, 1.165) is 33.1 Å². The molecule has 1 fully saturated rings. The summed E-state index contributed by atoms with van der Waals surface area (Å²) in [6.07, 6.45) is 6.07. The maximum absolute atomic E-state index is 13.3. The van der Waals surface area contributed by atoms with Crippen molar-refractivity contribution in [3.8, 4) is 16.9 Å². The van der Waals surface area contributed by atoms with Crippen molar-refractivity contribution in [1.82, 2.24) is 44.3 Å². The van der Waals surface area contributed by atoms with Crippen LogP contribution < -0.4 is 11.1 Å². The van der Waals surface area contributed by atoms with Crippen molar-refractivity contribution in [3.63, 3.8) is 0 Å². The highest BCUT2D eigenvalue weighted by Crippen LogP contribution is 2.31. The van der Waals surface area contributed by atoms with Crippen molar-refractivity contribution in [1.29, 1.82) is 0 Å². The summed E-state index contributed by atoms with van der Waals surface area (Å²) in [6.45, 7) is 0.931. The summed E-state index contributed by atoms with van der Waals surface area (Å²) in [5.74, 6) is 0.661. The van der Waals surface area contributed by atoms with E-state index < -0.39 is 6.09 Å². The van der Waals surface area contributed by atoms with Gasteiger partial charge in [-0.15, -0.1) is 0 Å². The molecular formula is C23H21N9O3. The van der Waals surface area contributed by atoms with Gasteiger partial charge < -0.3 is 5.11 Å². The van der Waals surface area contributed by atoms with Crippen LogP contribution in [0, 0.1) is 0 Å². The molecule has 176 valence electrons. The number of fused-ring (bicyclic) bond motifs is 3. The molecule has 0 spiro atoms. The number of hydrogen-bond donors (Lipinski definition) is 2. The molecule has 1 unspecified atom stereocenters. The third-order valence-electron chi connectivity index (χ3n) is 6.43. The maximum Gasteiger partial charge on any atom is 0.419 e. The number of aryl methyl sites for hydroxylation is 1. The van der Waals surface area contributed by atoms with E-state index in [0.29, 0.717) is 25.3 Å². The standard InChI is InChI=1S/C23H21N9O3/c1-29-19-10-25-18-4-2-14(15-3-5-20(26-9-15)31-13-24-12-27-31)8-17(18)21(19)32(23(29)35)16-6-7-30(11-16)28-22(33)34/h2-5,8-10,12-13,16,28H,6-7,11H2,1H3,(H,33,34). The number of imidazole rings is 1. The Morgan fingerprint density at radius 3 is 2.74 bits per heavy atom. The Bertz CT molecular complexity index is 1620. The molecule has 1 aliphatic rings. The zero-order chi connectivity index (χ0) is 24.1. The number of carboxylic acid groups (broad SMARTS) is 1. The first-order valence-electron chi connectivity index (χ1n) is 11.1. The molecule has 1 aromatic carbocycles. The van der Waals surface area contributed by atoms with E-state index in [-0.39, 0.29) is 11.7 Å². The molecule has 5 heterocycles. The number of hydrazine groups is 1. The lowest BCUT2D eigenvalue weighted by Crippen LogP contribution is -2.40. The van der Waals surface area contributed by atoms with Gasteiger partial charge in [-0.2, -0.15) is 5.10 Å². The summed E-state index contributed by atoms with van der Waals surface area (Å²) in [6, 6.07) is 9.60. The predicted octanol–water partition coefficient (Wildman–Crippen LogP) is 1.96.